The number of amides is 1. The fourth-order valence-corrected chi connectivity index (χ4v) is 3.47. The van der Waals surface area contributed by atoms with Crippen molar-refractivity contribution >= 4 is 16.9 Å². The largest absolute Gasteiger partial charge is 0.379 e. The minimum atomic E-state index is -0.272. The van der Waals surface area contributed by atoms with Crippen LogP contribution in [-0.2, 0) is 36.2 Å². The molecule has 0 spiro atoms. The van der Waals surface area contributed by atoms with Crippen molar-refractivity contribution in [2.75, 3.05) is 26.3 Å². The quantitative estimate of drug-likeness (QED) is 0.643. The summed E-state index contributed by atoms with van der Waals surface area (Å²) >= 11 is 0. The first-order valence-corrected chi connectivity index (χ1v) is 9.62. The first-order valence-electron chi connectivity index (χ1n) is 9.62. The summed E-state index contributed by atoms with van der Waals surface area (Å²) in [5, 5.41) is 7.36. The number of carbonyl (C=O) groups excluding carboxylic acids is 1. The van der Waals surface area contributed by atoms with Gasteiger partial charge in [0.25, 0.3) is 5.56 Å². The minimum absolute atomic E-state index is 0.0811. The highest BCUT2D eigenvalue weighted by molar-refractivity contribution is 5.77. The lowest BCUT2D eigenvalue weighted by molar-refractivity contribution is -0.121. The number of aromatic nitrogens is 4. The fourth-order valence-electron chi connectivity index (χ4n) is 3.47. The summed E-state index contributed by atoms with van der Waals surface area (Å²) in [7, 11) is 1.72. The maximum absolute atomic E-state index is 12.5. The summed E-state index contributed by atoms with van der Waals surface area (Å²) < 4.78 is 8.24. The monoisotopic (exact) mass is 396 g/mol. The zero-order chi connectivity index (χ0) is 20.2. The molecule has 1 aliphatic rings. The highest BCUT2D eigenvalue weighted by atomic mass is 16.5. The Bertz CT molecular complexity index is 1070. The van der Waals surface area contributed by atoms with Gasteiger partial charge in [-0.3, -0.25) is 23.7 Å². The summed E-state index contributed by atoms with van der Waals surface area (Å²) in [6.07, 6.45) is 2.86. The number of nitrogens with one attached hydrogen (secondary N) is 1. The van der Waals surface area contributed by atoms with Crippen molar-refractivity contribution in [2.45, 2.75) is 19.6 Å². The predicted molar refractivity (Wildman–Crippen MR) is 107 cm³/mol. The van der Waals surface area contributed by atoms with Crippen LogP contribution in [0.15, 0.2) is 41.6 Å². The number of morpholine rings is 1. The predicted octanol–water partition coefficient (Wildman–Crippen LogP) is 0.279. The van der Waals surface area contributed by atoms with Gasteiger partial charge in [0.2, 0.25) is 5.91 Å². The Labute approximate surface area is 167 Å². The SMILES string of the molecule is Cn1ncc2c(=O)n(CC(=O)NCc3ccccc3CN3CCOCC3)cnc21. The van der Waals surface area contributed by atoms with Gasteiger partial charge in [0, 0.05) is 33.2 Å². The topological polar surface area (TPSA) is 94.3 Å². The van der Waals surface area contributed by atoms with Gasteiger partial charge >= 0.3 is 0 Å². The van der Waals surface area contributed by atoms with Crippen molar-refractivity contribution in [1.29, 1.82) is 0 Å². The van der Waals surface area contributed by atoms with Gasteiger partial charge in [0.15, 0.2) is 5.65 Å². The van der Waals surface area contributed by atoms with Crippen molar-refractivity contribution in [3.05, 3.63) is 58.3 Å². The molecule has 1 N–H and O–H groups in total. The molecule has 0 aliphatic carbocycles. The van der Waals surface area contributed by atoms with Crippen LogP contribution in [0, 0.1) is 0 Å². The highest BCUT2D eigenvalue weighted by Gasteiger charge is 2.14. The molecule has 1 aromatic carbocycles. The lowest BCUT2D eigenvalue weighted by atomic mass is 10.1. The van der Waals surface area contributed by atoms with Crippen LogP contribution in [0.1, 0.15) is 11.1 Å². The van der Waals surface area contributed by atoms with Crippen molar-refractivity contribution in [3.63, 3.8) is 0 Å². The molecule has 1 fully saturated rings. The van der Waals surface area contributed by atoms with Crippen molar-refractivity contribution in [3.8, 4) is 0 Å². The zero-order valence-electron chi connectivity index (χ0n) is 16.4. The molecule has 29 heavy (non-hydrogen) atoms. The van der Waals surface area contributed by atoms with Gasteiger partial charge in [-0.1, -0.05) is 24.3 Å². The second-order valence-electron chi connectivity index (χ2n) is 7.12. The molecule has 0 atom stereocenters. The van der Waals surface area contributed by atoms with Crippen LogP contribution >= 0.6 is 0 Å². The summed E-state index contributed by atoms with van der Waals surface area (Å²) in [4.78, 5) is 31.5. The van der Waals surface area contributed by atoms with E-state index in [1.165, 1.54) is 27.3 Å². The molecular formula is C20H24N6O3. The van der Waals surface area contributed by atoms with Crippen molar-refractivity contribution in [1.82, 2.24) is 29.5 Å². The summed E-state index contributed by atoms with van der Waals surface area (Å²) in [5.74, 6) is -0.238. The van der Waals surface area contributed by atoms with E-state index in [1.807, 2.05) is 18.2 Å². The Morgan fingerprint density at radius 3 is 2.76 bits per heavy atom. The van der Waals surface area contributed by atoms with Crippen LogP contribution in [0.2, 0.25) is 0 Å². The van der Waals surface area contributed by atoms with Gasteiger partial charge in [0.1, 0.15) is 18.3 Å². The average Bonchev–Trinajstić information content (AvgIpc) is 3.12. The molecule has 3 heterocycles. The number of hydrogen-bond acceptors (Lipinski definition) is 6. The van der Waals surface area contributed by atoms with Crippen LogP contribution in [0.5, 0.6) is 0 Å². The molecule has 3 aromatic rings. The van der Waals surface area contributed by atoms with E-state index in [4.69, 9.17) is 4.74 Å². The molecule has 9 nitrogen and oxygen atoms in total. The first kappa shape index (κ1) is 19.3. The van der Waals surface area contributed by atoms with Crippen molar-refractivity contribution in [2.24, 2.45) is 7.05 Å². The van der Waals surface area contributed by atoms with Crippen LogP contribution in [0.25, 0.3) is 11.0 Å². The molecule has 0 radical (unpaired) electrons. The number of fused-ring (bicyclic) bond motifs is 1. The molecule has 0 saturated carbocycles. The van der Waals surface area contributed by atoms with Gasteiger partial charge in [0.05, 0.1) is 19.4 Å². The molecule has 4 rings (SSSR count). The van der Waals surface area contributed by atoms with E-state index in [2.05, 4.69) is 26.4 Å². The minimum Gasteiger partial charge on any atom is -0.379 e. The third-order valence-electron chi connectivity index (χ3n) is 5.12. The Morgan fingerprint density at radius 2 is 1.97 bits per heavy atom. The fraction of sp³-hybridized carbons (Fsp3) is 0.400. The molecule has 1 saturated heterocycles. The molecular weight excluding hydrogens is 372 g/mol. The third kappa shape index (κ3) is 4.36. The number of nitrogens with zero attached hydrogens (tertiary/aromatic N) is 5. The van der Waals surface area contributed by atoms with Crippen LogP contribution in [0.4, 0.5) is 0 Å². The van der Waals surface area contributed by atoms with E-state index in [0.717, 1.165) is 38.4 Å². The number of rotatable bonds is 6. The zero-order valence-corrected chi connectivity index (χ0v) is 16.4. The van der Waals surface area contributed by atoms with Crippen LogP contribution in [-0.4, -0.2) is 56.4 Å². The lowest BCUT2D eigenvalue weighted by Crippen LogP contribution is -2.36. The van der Waals surface area contributed by atoms with Gasteiger partial charge < -0.3 is 10.1 Å². The second-order valence-corrected chi connectivity index (χ2v) is 7.12. The standard InChI is InChI=1S/C20H24N6O3/c1-24-19-17(11-23-24)20(28)26(14-22-19)13-18(27)21-10-15-4-2-3-5-16(15)12-25-6-8-29-9-7-25/h2-5,11,14H,6-10,12-13H2,1H3,(H,21,27). The maximum atomic E-state index is 12.5. The third-order valence-corrected chi connectivity index (χ3v) is 5.12. The summed E-state index contributed by atoms with van der Waals surface area (Å²) in [5.41, 5.74) is 2.49. The Balaban J connectivity index is 1.40. The van der Waals surface area contributed by atoms with E-state index in [0.29, 0.717) is 17.6 Å². The van der Waals surface area contributed by atoms with Crippen LogP contribution < -0.4 is 10.9 Å². The van der Waals surface area contributed by atoms with E-state index in [9.17, 15) is 9.59 Å². The Hall–Kier alpha value is -3.04. The van der Waals surface area contributed by atoms with E-state index in [-0.39, 0.29) is 18.0 Å². The molecule has 152 valence electrons. The van der Waals surface area contributed by atoms with Crippen LogP contribution in [0.3, 0.4) is 0 Å². The summed E-state index contributed by atoms with van der Waals surface area (Å²) in [6.45, 7) is 4.49. The Kier molecular flexibility index (Phi) is 5.68. The van der Waals surface area contributed by atoms with E-state index in [1.54, 1.807) is 7.05 Å². The number of benzene rings is 1. The van der Waals surface area contributed by atoms with Gasteiger partial charge in [-0.05, 0) is 11.1 Å². The normalized spacial score (nSPS) is 14.9. The first-order chi connectivity index (χ1) is 14.1. The number of hydrogen-bond donors (Lipinski definition) is 1. The van der Waals surface area contributed by atoms with E-state index < -0.39 is 0 Å². The molecule has 0 unspecified atom stereocenters. The number of ether oxygens (including phenoxy) is 1. The van der Waals surface area contributed by atoms with Gasteiger partial charge in [-0.15, -0.1) is 0 Å². The molecule has 0 bridgehead atoms. The highest BCUT2D eigenvalue weighted by Crippen LogP contribution is 2.13. The Morgan fingerprint density at radius 1 is 1.21 bits per heavy atom. The van der Waals surface area contributed by atoms with Crippen molar-refractivity contribution < 1.29 is 9.53 Å². The molecule has 9 heteroatoms. The van der Waals surface area contributed by atoms with E-state index >= 15 is 0 Å². The molecule has 2 aromatic heterocycles. The molecule has 1 amide bonds. The second kappa shape index (κ2) is 8.54. The van der Waals surface area contributed by atoms with Gasteiger partial charge in [-0.25, -0.2) is 4.98 Å². The molecule has 1 aliphatic heterocycles. The maximum Gasteiger partial charge on any atom is 0.264 e. The average molecular weight is 396 g/mol. The summed E-state index contributed by atoms with van der Waals surface area (Å²) in [6, 6.07) is 8.08. The lowest BCUT2D eigenvalue weighted by Gasteiger charge is -2.27. The van der Waals surface area contributed by atoms with Gasteiger partial charge in [-0.2, -0.15) is 5.10 Å². The number of carbonyl (C=O) groups is 1. The smallest absolute Gasteiger partial charge is 0.264 e. The number of aryl methyl sites for hydroxylation is 1.